The Hall–Kier alpha value is -2.27. The van der Waals surface area contributed by atoms with E-state index in [0.717, 1.165) is 0 Å². The molecule has 116 valence electrons. The van der Waals surface area contributed by atoms with E-state index in [1.54, 1.807) is 48.6 Å². The van der Waals surface area contributed by atoms with Crippen LogP contribution in [0.4, 0.5) is 0 Å². The first kappa shape index (κ1) is 16.1. The van der Waals surface area contributed by atoms with Gasteiger partial charge in [-0.2, -0.15) is 0 Å². The van der Waals surface area contributed by atoms with Gasteiger partial charge in [-0.15, -0.1) is 0 Å². The van der Waals surface area contributed by atoms with Crippen molar-refractivity contribution in [2.75, 3.05) is 13.2 Å². The number of hydrogen-bond donors (Lipinski definition) is 0. The van der Waals surface area contributed by atoms with E-state index in [1.165, 1.54) is 6.08 Å². The van der Waals surface area contributed by atoms with Crippen LogP contribution in [-0.2, 0) is 14.3 Å². The lowest BCUT2D eigenvalue weighted by Crippen LogP contribution is -2.03. The maximum Gasteiger partial charge on any atom is 0.340 e. The van der Waals surface area contributed by atoms with Crippen molar-refractivity contribution in [1.82, 2.24) is 4.40 Å². The molecule has 0 bridgehead atoms. The average molecular weight is 322 g/mol. The molecule has 2 aromatic heterocycles. The third-order valence-corrected chi connectivity index (χ3v) is 3.24. The van der Waals surface area contributed by atoms with Crippen LogP contribution in [0.25, 0.3) is 11.6 Å². The highest BCUT2D eigenvalue weighted by atomic mass is 35.5. The number of ether oxygens (including phenoxy) is 2. The van der Waals surface area contributed by atoms with E-state index >= 15 is 0 Å². The van der Waals surface area contributed by atoms with Crippen LogP contribution in [0, 0.1) is 0 Å². The Balaban J connectivity index is 2.50. The number of aromatic nitrogens is 1. The molecule has 0 amide bonds. The summed E-state index contributed by atoms with van der Waals surface area (Å²) in [6, 6.07) is 6.85. The third kappa shape index (κ3) is 3.31. The number of esters is 2. The predicted octanol–water partition coefficient (Wildman–Crippen LogP) is 3.35. The van der Waals surface area contributed by atoms with Crippen molar-refractivity contribution < 1.29 is 19.1 Å². The Morgan fingerprint density at radius 3 is 2.64 bits per heavy atom. The largest absolute Gasteiger partial charge is 0.463 e. The number of rotatable bonds is 5. The minimum atomic E-state index is -0.456. The molecule has 0 saturated heterocycles. The molecule has 0 aliphatic heterocycles. The van der Waals surface area contributed by atoms with Gasteiger partial charge in [-0.25, -0.2) is 9.59 Å². The van der Waals surface area contributed by atoms with Crippen LogP contribution in [-0.4, -0.2) is 29.6 Å². The molecule has 0 N–H and O–H groups in total. The number of halogens is 1. The van der Waals surface area contributed by atoms with E-state index < -0.39 is 11.9 Å². The molecular formula is C16H16ClNO4. The number of hydrogen-bond acceptors (Lipinski definition) is 4. The smallest absolute Gasteiger partial charge is 0.340 e. The first-order valence-corrected chi connectivity index (χ1v) is 7.28. The summed E-state index contributed by atoms with van der Waals surface area (Å²) in [6.07, 6.45) is 2.85. The molecule has 2 heterocycles. The maximum absolute atomic E-state index is 12.0. The number of carbonyl (C=O) groups excluding carboxylic acids is 2. The van der Waals surface area contributed by atoms with Crippen molar-refractivity contribution in [2.24, 2.45) is 0 Å². The van der Waals surface area contributed by atoms with Crippen molar-refractivity contribution in [1.29, 1.82) is 0 Å². The molecule has 6 heteroatoms. The topological polar surface area (TPSA) is 57.0 Å². The quantitative estimate of drug-likeness (QED) is 0.481. The molecule has 22 heavy (non-hydrogen) atoms. The third-order valence-electron chi connectivity index (χ3n) is 2.94. The maximum atomic E-state index is 12.0. The van der Waals surface area contributed by atoms with E-state index in [1.807, 2.05) is 0 Å². The Labute approximate surface area is 133 Å². The zero-order valence-corrected chi connectivity index (χ0v) is 13.1. The molecule has 2 rings (SSSR count). The van der Waals surface area contributed by atoms with Crippen LogP contribution in [0.2, 0.25) is 5.15 Å². The van der Waals surface area contributed by atoms with Crippen molar-refractivity contribution in [3.8, 4) is 0 Å². The predicted molar refractivity (Wildman–Crippen MR) is 84.0 cm³/mol. The Kier molecular flexibility index (Phi) is 5.22. The molecule has 0 spiro atoms. The van der Waals surface area contributed by atoms with Gasteiger partial charge < -0.3 is 9.47 Å². The highest BCUT2D eigenvalue weighted by Gasteiger charge is 2.16. The summed E-state index contributed by atoms with van der Waals surface area (Å²) in [5.74, 6) is -0.889. The van der Waals surface area contributed by atoms with Gasteiger partial charge in [0.1, 0.15) is 5.15 Å². The average Bonchev–Trinajstić information content (AvgIpc) is 2.86. The zero-order chi connectivity index (χ0) is 16.1. The fourth-order valence-corrected chi connectivity index (χ4v) is 2.34. The van der Waals surface area contributed by atoms with Crippen molar-refractivity contribution in [3.05, 3.63) is 46.8 Å². The molecule has 0 fully saturated rings. The van der Waals surface area contributed by atoms with Gasteiger partial charge in [0.05, 0.1) is 24.3 Å². The van der Waals surface area contributed by atoms with Gasteiger partial charge in [-0.1, -0.05) is 17.7 Å². The van der Waals surface area contributed by atoms with Gasteiger partial charge in [0.25, 0.3) is 0 Å². The van der Waals surface area contributed by atoms with Gasteiger partial charge >= 0.3 is 11.9 Å². The standard InChI is InChI=1S/C16H16ClNO4/c1-3-21-15(19)9-8-11-10-12(16(20)22-4-2)13-6-5-7-14(17)18(11)13/h5-10H,3-4H2,1-2H3/b9-8+. The fraction of sp³-hybridized carbons (Fsp3) is 0.250. The van der Waals surface area contributed by atoms with Crippen LogP contribution in [0.3, 0.4) is 0 Å². The van der Waals surface area contributed by atoms with Gasteiger partial charge in [0, 0.05) is 11.8 Å². The molecule has 0 atom stereocenters. The molecule has 0 aliphatic carbocycles. The van der Waals surface area contributed by atoms with Crippen LogP contribution in [0.5, 0.6) is 0 Å². The second-order valence-corrected chi connectivity index (χ2v) is 4.75. The molecule has 0 radical (unpaired) electrons. The number of fused-ring (bicyclic) bond motifs is 1. The summed E-state index contributed by atoms with van der Waals surface area (Å²) in [4.78, 5) is 23.5. The summed E-state index contributed by atoms with van der Waals surface area (Å²) in [6.45, 7) is 4.05. The van der Waals surface area contributed by atoms with Crippen LogP contribution in [0.1, 0.15) is 29.9 Å². The van der Waals surface area contributed by atoms with Crippen LogP contribution < -0.4 is 0 Å². The lowest BCUT2D eigenvalue weighted by Gasteiger charge is -2.03. The summed E-state index contributed by atoms with van der Waals surface area (Å²) < 4.78 is 11.6. The molecule has 0 unspecified atom stereocenters. The second-order valence-electron chi connectivity index (χ2n) is 4.36. The molecule has 5 nitrogen and oxygen atoms in total. The van der Waals surface area contributed by atoms with E-state index in [2.05, 4.69) is 0 Å². The lowest BCUT2D eigenvalue weighted by atomic mass is 10.2. The normalized spacial score (nSPS) is 11.0. The van der Waals surface area contributed by atoms with E-state index in [9.17, 15) is 9.59 Å². The SMILES string of the molecule is CCOC(=O)/C=C/c1cc(C(=O)OCC)c2cccc(Cl)n12. The molecule has 0 saturated carbocycles. The van der Waals surface area contributed by atoms with Gasteiger partial charge in [0.2, 0.25) is 0 Å². The van der Waals surface area contributed by atoms with Gasteiger partial charge in [0.15, 0.2) is 0 Å². The number of nitrogens with zero attached hydrogens (tertiary/aromatic N) is 1. The Morgan fingerprint density at radius 1 is 1.23 bits per heavy atom. The molecule has 2 aromatic rings. The highest BCUT2D eigenvalue weighted by Crippen LogP contribution is 2.24. The Bertz CT molecular complexity index is 733. The van der Waals surface area contributed by atoms with Crippen LogP contribution in [0.15, 0.2) is 30.3 Å². The summed E-state index contributed by atoms with van der Waals surface area (Å²) >= 11 is 6.19. The highest BCUT2D eigenvalue weighted by molar-refractivity contribution is 6.30. The van der Waals surface area contributed by atoms with E-state index in [-0.39, 0.29) is 6.61 Å². The summed E-state index contributed by atoms with van der Waals surface area (Å²) in [5, 5.41) is 0.427. The van der Waals surface area contributed by atoms with Crippen molar-refractivity contribution in [2.45, 2.75) is 13.8 Å². The van der Waals surface area contributed by atoms with Crippen molar-refractivity contribution in [3.63, 3.8) is 0 Å². The lowest BCUT2D eigenvalue weighted by molar-refractivity contribution is -0.137. The molecular weight excluding hydrogens is 306 g/mol. The van der Waals surface area contributed by atoms with E-state index in [4.69, 9.17) is 21.1 Å². The number of pyridine rings is 1. The molecule has 0 aliphatic rings. The van der Waals surface area contributed by atoms with Gasteiger partial charge in [-0.3, -0.25) is 4.40 Å². The monoisotopic (exact) mass is 321 g/mol. The van der Waals surface area contributed by atoms with E-state index in [0.29, 0.717) is 28.5 Å². The molecule has 0 aromatic carbocycles. The first-order chi connectivity index (χ1) is 10.6. The summed E-state index contributed by atoms with van der Waals surface area (Å²) in [7, 11) is 0. The van der Waals surface area contributed by atoms with Crippen LogP contribution >= 0.6 is 11.6 Å². The first-order valence-electron chi connectivity index (χ1n) is 6.90. The minimum Gasteiger partial charge on any atom is -0.463 e. The van der Waals surface area contributed by atoms with Gasteiger partial charge in [-0.05, 0) is 38.1 Å². The fourth-order valence-electron chi connectivity index (χ4n) is 2.08. The van der Waals surface area contributed by atoms with Crippen molar-refractivity contribution >= 4 is 35.1 Å². The summed E-state index contributed by atoms with van der Waals surface area (Å²) in [5.41, 5.74) is 1.61. The Morgan fingerprint density at radius 2 is 1.95 bits per heavy atom. The zero-order valence-electron chi connectivity index (χ0n) is 12.3. The minimum absolute atomic E-state index is 0.282. The number of carbonyl (C=O) groups is 2. The second kappa shape index (κ2) is 7.13.